The molecular formula is C38H24N4S. The number of rotatable bonds is 5. The summed E-state index contributed by atoms with van der Waals surface area (Å²) in [7, 11) is 0. The maximum atomic E-state index is 5.12. The SMILES string of the molecule is c1ccc(-c2ccc(-c3nc(-c4ccccc4)nc(-c4ccc5c(c4)sc4ccncc45)n3)c(-c3ccccc3)c2)cc1. The van der Waals surface area contributed by atoms with Gasteiger partial charge in [0.05, 0.1) is 0 Å². The molecule has 5 heteroatoms. The van der Waals surface area contributed by atoms with Crippen molar-refractivity contribution in [2.24, 2.45) is 0 Å². The Morgan fingerprint density at radius 2 is 1.02 bits per heavy atom. The average molecular weight is 569 g/mol. The van der Waals surface area contributed by atoms with E-state index in [-0.39, 0.29) is 0 Å². The molecule has 8 aromatic rings. The fraction of sp³-hybridized carbons (Fsp3) is 0. The van der Waals surface area contributed by atoms with E-state index in [0.29, 0.717) is 17.5 Å². The Labute approximate surface area is 253 Å². The van der Waals surface area contributed by atoms with Crippen LogP contribution in [0.25, 0.3) is 76.6 Å². The van der Waals surface area contributed by atoms with Crippen LogP contribution in [0.15, 0.2) is 146 Å². The minimum absolute atomic E-state index is 0.642. The van der Waals surface area contributed by atoms with E-state index in [2.05, 4.69) is 96.0 Å². The van der Waals surface area contributed by atoms with Gasteiger partial charge in [0, 0.05) is 49.3 Å². The molecule has 0 aliphatic heterocycles. The zero-order valence-electron chi connectivity index (χ0n) is 23.1. The molecule has 0 atom stereocenters. The third-order valence-electron chi connectivity index (χ3n) is 7.65. The van der Waals surface area contributed by atoms with Crippen molar-refractivity contribution >= 4 is 31.5 Å². The third kappa shape index (κ3) is 4.76. The van der Waals surface area contributed by atoms with Gasteiger partial charge >= 0.3 is 0 Å². The standard InChI is InChI=1S/C38H24N4S/c1-4-10-25(11-5-1)28-16-19-31(32(22-28)26-12-6-2-7-13-26)38-41-36(27-14-8-3-9-15-27)40-37(42-38)29-17-18-30-33-24-39-21-20-34(33)43-35(30)23-29/h1-24H. The fourth-order valence-corrected chi connectivity index (χ4v) is 6.62. The van der Waals surface area contributed by atoms with Crippen LogP contribution in [0, 0.1) is 0 Å². The lowest BCUT2D eigenvalue weighted by Crippen LogP contribution is -2.01. The number of benzene rings is 5. The van der Waals surface area contributed by atoms with Crippen LogP contribution in [0.3, 0.4) is 0 Å². The second kappa shape index (κ2) is 10.7. The highest BCUT2D eigenvalue weighted by Crippen LogP contribution is 2.38. The summed E-state index contributed by atoms with van der Waals surface area (Å²) in [6.07, 6.45) is 3.78. The van der Waals surface area contributed by atoms with Crippen molar-refractivity contribution in [1.29, 1.82) is 0 Å². The van der Waals surface area contributed by atoms with E-state index < -0.39 is 0 Å². The number of nitrogens with zero attached hydrogens (tertiary/aromatic N) is 4. The molecule has 0 fully saturated rings. The van der Waals surface area contributed by atoms with Crippen molar-refractivity contribution in [1.82, 2.24) is 19.9 Å². The molecular weight excluding hydrogens is 545 g/mol. The first kappa shape index (κ1) is 25.2. The maximum absolute atomic E-state index is 5.12. The van der Waals surface area contributed by atoms with Gasteiger partial charge in [-0.2, -0.15) is 0 Å². The number of hydrogen-bond donors (Lipinski definition) is 0. The van der Waals surface area contributed by atoms with E-state index in [1.165, 1.54) is 25.7 Å². The Balaban J connectivity index is 1.34. The van der Waals surface area contributed by atoms with E-state index in [1.54, 1.807) is 11.3 Å². The molecule has 5 aromatic carbocycles. The summed E-state index contributed by atoms with van der Waals surface area (Å²) in [6.45, 7) is 0. The second-order valence-electron chi connectivity index (χ2n) is 10.3. The molecule has 4 nitrogen and oxygen atoms in total. The summed E-state index contributed by atoms with van der Waals surface area (Å²) < 4.78 is 2.40. The largest absolute Gasteiger partial charge is 0.264 e. The Kier molecular flexibility index (Phi) is 6.28. The summed E-state index contributed by atoms with van der Waals surface area (Å²) in [4.78, 5) is 19.5. The molecule has 0 saturated carbocycles. The summed E-state index contributed by atoms with van der Waals surface area (Å²) in [6, 6.07) is 46.1. The van der Waals surface area contributed by atoms with Crippen LogP contribution in [0.1, 0.15) is 0 Å². The number of aromatic nitrogens is 4. The van der Waals surface area contributed by atoms with Gasteiger partial charge in [-0.05, 0) is 46.5 Å². The van der Waals surface area contributed by atoms with E-state index in [0.717, 1.165) is 33.4 Å². The van der Waals surface area contributed by atoms with Crippen molar-refractivity contribution in [3.8, 4) is 56.4 Å². The Bertz CT molecular complexity index is 2230. The van der Waals surface area contributed by atoms with E-state index >= 15 is 0 Å². The summed E-state index contributed by atoms with van der Waals surface area (Å²) in [5.74, 6) is 1.93. The smallest absolute Gasteiger partial charge is 0.164 e. The van der Waals surface area contributed by atoms with Crippen molar-refractivity contribution in [2.45, 2.75) is 0 Å². The van der Waals surface area contributed by atoms with Gasteiger partial charge in [-0.25, -0.2) is 15.0 Å². The molecule has 0 aliphatic rings. The van der Waals surface area contributed by atoms with Crippen LogP contribution >= 0.6 is 11.3 Å². The Morgan fingerprint density at radius 1 is 0.395 bits per heavy atom. The molecule has 0 aliphatic carbocycles. The zero-order chi connectivity index (χ0) is 28.6. The molecule has 0 bridgehead atoms. The molecule has 202 valence electrons. The topological polar surface area (TPSA) is 51.6 Å². The normalized spacial score (nSPS) is 11.3. The molecule has 0 spiro atoms. The number of pyridine rings is 1. The minimum Gasteiger partial charge on any atom is -0.264 e. The fourth-order valence-electron chi connectivity index (χ4n) is 5.51. The van der Waals surface area contributed by atoms with Gasteiger partial charge in [0.15, 0.2) is 17.5 Å². The zero-order valence-corrected chi connectivity index (χ0v) is 23.9. The number of hydrogen-bond acceptors (Lipinski definition) is 5. The first-order valence-corrected chi connectivity index (χ1v) is 15.0. The van der Waals surface area contributed by atoms with E-state index in [1.807, 2.05) is 54.9 Å². The number of thiophene rings is 1. The van der Waals surface area contributed by atoms with Gasteiger partial charge in [0.25, 0.3) is 0 Å². The van der Waals surface area contributed by atoms with Crippen LogP contribution in [0.4, 0.5) is 0 Å². The monoisotopic (exact) mass is 568 g/mol. The Hall–Kier alpha value is -5.52. The van der Waals surface area contributed by atoms with Gasteiger partial charge in [-0.3, -0.25) is 4.98 Å². The minimum atomic E-state index is 0.642. The first-order valence-electron chi connectivity index (χ1n) is 14.1. The van der Waals surface area contributed by atoms with Crippen molar-refractivity contribution in [2.75, 3.05) is 0 Å². The van der Waals surface area contributed by atoms with Crippen LogP contribution < -0.4 is 0 Å². The lowest BCUT2D eigenvalue weighted by atomic mass is 9.94. The third-order valence-corrected chi connectivity index (χ3v) is 8.78. The maximum Gasteiger partial charge on any atom is 0.164 e. The van der Waals surface area contributed by atoms with Crippen LogP contribution in [-0.4, -0.2) is 19.9 Å². The molecule has 43 heavy (non-hydrogen) atoms. The lowest BCUT2D eigenvalue weighted by Gasteiger charge is -2.14. The van der Waals surface area contributed by atoms with Crippen LogP contribution in [-0.2, 0) is 0 Å². The molecule has 0 radical (unpaired) electrons. The highest BCUT2D eigenvalue weighted by atomic mass is 32.1. The summed E-state index contributed by atoms with van der Waals surface area (Å²) in [5, 5.41) is 2.36. The molecule has 0 saturated heterocycles. The predicted octanol–water partition coefficient (Wildman–Crippen LogP) is 9.97. The highest BCUT2D eigenvalue weighted by molar-refractivity contribution is 7.25. The number of fused-ring (bicyclic) bond motifs is 3. The van der Waals surface area contributed by atoms with Gasteiger partial charge in [-0.1, -0.05) is 109 Å². The van der Waals surface area contributed by atoms with Crippen LogP contribution in [0.2, 0.25) is 0 Å². The lowest BCUT2D eigenvalue weighted by molar-refractivity contribution is 1.07. The predicted molar refractivity (Wildman–Crippen MR) is 178 cm³/mol. The van der Waals surface area contributed by atoms with E-state index in [4.69, 9.17) is 15.0 Å². The molecule has 8 rings (SSSR count). The Morgan fingerprint density at radius 3 is 1.77 bits per heavy atom. The van der Waals surface area contributed by atoms with Gasteiger partial charge < -0.3 is 0 Å². The van der Waals surface area contributed by atoms with Crippen LogP contribution in [0.5, 0.6) is 0 Å². The average Bonchev–Trinajstić information content (AvgIpc) is 3.47. The summed E-state index contributed by atoms with van der Waals surface area (Å²) in [5.41, 5.74) is 7.36. The molecule has 0 amide bonds. The quantitative estimate of drug-likeness (QED) is 0.207. The molecule has 3 aromatic heterocycles. The summed E-state index contributed by atoms with van der Waals surface area (Å²) >= 11 is 1.76. The first-order chi connectivity index (χ1) is 21.3. The van der Waals surface area contributed by atoms with Gasteiger partial charge in [0.2, 0.25) is 0 Å². The van der Waals surface area contributed by atoms with Gasteiger partial charge in [-0.15, -0.1) is 11.3 Å². The molecule has 0 unspecified atom stereocenters. The molecule has 0 N–H and O–H groups in total. The van der Waals surface area contributed by atoms with Crippen molar-refractivity contribution in [3.05, 3.63) is 146 Å². The highest BCUT2D eigenvalue weighted by Gasteiger charge is 2.17. The van der Waals surface area contributed by atoms with Crippen molar-refractivity contribution in [3.63, 3.8) is 0 Å². The van der Waals surface area contributed by atoms with Crippen molar-refractivity contribution < 1.29 is 0 Å². The van der Waals surface area contributed by atoms with E-state index in [9.17, 15) is 0 Å². The molecule has 3 heterocycles. The van der Waals surface area contributed by atoms with Gasteiger partial charge in [0.1, 0.15) is 0 Å². The second-order valence-corrected chi connectivity index (χ2v) is 11.4.